The summed E-state index contributed by atoms with van der Waals surface area (Å²) in [5.74, 6) is 0.608. The maximum absolute atomic E-state index is 11.3. The molecule has 1 aromatic rings. The average Bonchev–Trinajstić information content (AvgIpc) is 2.39. The van der Waals surface area contributed by atoms with E-state index in [2.05, 4.69) is 35.9 Å². The molecule has 0 amide bonds. The van der Waals surface area contributed by atoms with E-state index in [1.54, 1.807) is 6.07 Å². The second-order valence-corrected chi connectivity index (χ2v) is 6.95. The molecular weight excluding hydrogens is 346 g/mol. The number of ether oxygens (including phenoxy) is 1. The lowest BCUT2D eigenvalue weighted by Crippen LogP contribution is -2.32. The second-order valence-electron chi connectivity index (χ2n) is 6.09. The van der Waals surface area contributed by atoms with E-state index in [1.165, 1.54) is 5.57 Å². The van der Waals surface area contributed by atoms with Crippen molar-refractivity contribution in [1.82, 2.24) is 0 Å². The minimum Gasteiger partial charge on any atom is -0.482 e. The Morgan fingerprint density at radius 2 is 2.18 bits per heavy atom. The summed E-state index contributed by atoms with van der Waals surface area (Å²) in [6.07, 6.45) is 7.66. The summed E-state index contributed by atoms with van der Waals surface area (Å²) in [5, 5.41) is 11.3. The number of nitro benzene ring substituents is 1. The number of fused-ring (bicyclic) bond motifs is 1. The minimum absolute atomic E-state index is 0.0585. The molecule has 22 heavy (non-hydrogen) atoms. The zero-order valence-electron chi connectivity index (χ0n) is 13.3. The Bertz CT molecular complexity index is 675. The zero-order chi connectivity index (χ0) is 16.5. The highest BCUT2D eigenvalue weighted by molar-refractivity contribution is 9.10. The molecule has 0 saturated carbocycles. The van der Waals surface area contributed by atoms with Crippen LogP contribution in [-0.4, -0.2) is 10.5 Å². The molecule has 118 valence electrons. The molecule has 0 spiro atoms. The molecule has 2 rings (SSSR count). The Morgan fingerprint density at radius 1 is 1.50 bits per heavy atom. The Hall–Kier alpha value is -1.62. The average molecular weight is 366 g/mol. The van der Waals surface area contributed by atoms with Crippen LogP contribution >= 0.6 is 15.9 Å². The van der Waals surface area contributed by atoms with Gasteiger partial charge < -0.3 is 4.74 Å². The van der Waals surface area contributed by atoms with Crippen LogP contribution in [-0.2, 0) is 0 Å². The van der Waals surface area contributed by atoms with Gasteiger partial charge in [-0.2, -0.15) is 0 Å². The molecule has 0 N–H and O–H groups in total. The first-order valence-electron chi connectivity index (χ1n) is 7.22. The summed E-state index contributed by atoms with van der Waals surface area (Å²) in [5.41, 5.74) is 2.33. The van der Waals surface area contributed by atoms with Crippen LogP contribution in [0.2, 0.25) is 0 Å². The first-order valence-corrected chi connectivity index (χ1v) is 8.02. The number of benzene rings is 1. The third-order valence-electron chi connectivity index (χ3n) is 3.74. The number of halogens is 1. The molecule has 0 saturated heterocycles. The van der Waals surface area contributed by atoms with Crippen LogP contribution in [0, 0.1) is 17.0 Å². The van der Waals surface area contributed by atoms with E-state index in [4.69, 9.17) is 4.74 Å². The SMILES string of the molecule is CC(C)=CCCC1(C)C=Cc2c(c(C)cc(Br)c2[N+](=O)[O-])O1. The van der Waals surface area contributed by atoms with Crippen LogP contribution in [0.4, 0.5) is 5.69 Å². The van der Waals surface area contributed by atoms with E-state index in [9.17, 15) is 10.1 Å². The normalized spacial score (nSPS) is 19.3. The molecule has 4 nitrogen and oxygen atoms in total. The summed E-state index contributed by atoms with van der Waals surface area (Å²) in [4.78, 5) is 10.9. The van der Waals surface area contributed by atoms with Crippen molar-refractivity contribution in [2.75, 3.05) is 0 Å². The van der Waals surface area contributed by atoms with Crippen LogP contribution in [0.1, 0.15) is 44.7 Å². The Kier molecular flexibility index (Phi) is 4.75. The van der Waals surface area contributed by atoms with Crippen molar-refractivity contribution >= 4 is 27.7 Å². The van der Waals surface area contributed by atoms with Gasteiger partial charge in [-0.3, -0.25) is 10.1 Å². The lowest BCUT2D eigenvalue weighted by Gasteiger charge is -2.32. The van der Waals surface area contributed by atoms with Crippen LogP contribution in [0.3, 0.4) is 0 Å². The number of hydrogen-bond acceptors (Lipinski definition) is 3. The third-order valence-corrected chi connectivity index (χ3v) is 4.35. The third kappa shape index (κ3) is 3.40. The molecule has 0 aliphatic carbocycles. The fourth-order valence-electron chi connectivity index (χ4n) is 2.56. The highest BCUT2D eigenvalue weighted by Gasteiger charge is 2.32. The molecule has 1 heterocycles. The molecule has 5 heteroatoms. The standard InChI is InChI=1S/C17H20BrNO3/c1-11(2)6-5-8-17(4)9-7-13-15(19(20)21)14(18)10-12(3)16(13)22-17/h6-7,9-10H,5,8H2,1-4H3. The molecule has 1 atom stereocenters. The van der Waals surface area contributed by atoms with Crippen molar-refractivity contribution < 1.29 is 9.66 Å². The quantitative estimate of drug-likeness (QED) is 0.397. The Labute approximate surface area is 139 Å². The summed E-state index contributed by atoms with van der Waals surface area (Å²) in [6, 6.07) is 1.74. The predicted molar refractivity (Wildman–Crippen MR) is 92.3 cm³/mol. The molecule has 1 aliphatic rings. The van der Waals surface area contributed by atoms with Gasteiger partial charge in [-0.1, -0.05) is 11.6 Å². The molecule has 1 unspecified atom stereocenters. The Morgan fingerprint density at radius 3 is 2.77 bits per heavy atom. The van der Waals surface area contributed by atoms with Gasteiger partial charge >= 0.3 is 0 Å². The van der Waals surface area contributed by atoms with Crippen LogP contribution in [0.5, 0.6) is 5.75 Å². The van der Waals surface area contributed by atoms with Crippen molar-refractivity contribution in [2.45, 2.75) is 46.1 Å². The van der Waals surface area contributed by atoms with Crippen molar-refractivity contribution in [3.05, 3.63) is 49.5 Å². The number of allylic oxidation sites excluding steroid dienone is 2. The van der Waals surface area contributed by atoms with Crippen LogP contribution in [0.25, 0.3) is 6.08 Å². The largest absolute Gasteiger partial charge is 0.482 e. The predicted octanol–water partition coefficient (Wildman–Crippen LogP) is 5.58. The van der Waals surface area contributed by atoms with Crippen molar-refractivity contribution in [3.63, 3.8) is 0 Å². The van der Waals surface area contributed by atoms with E-state index in [0.717, 1.165) is 18.4 Å². The summed E-state index contributed by atoms with van der Waals surface area (Å²) < 4.78 is 6.62. The zero-order valence-corrected chi connectivity index (χ0v) is 14.9. The molecule has 0 bridgehead atoms. The monoisotopic (exact) mass is 365 g/mol. The van der Waals surface area contributed by atoms with Gasteiger partial charge in [-0.05, 0) is 80.2 Å². The molecule has 0 fully saturated rings. The van der Waals surface area contributed by atoms with Gasteiger partial charge in [0, 0.05) is 0 Å². The molecule has 0 radical (unpaired) electrons. The number of rotatable bonds is 4. The fourth-order valence-corrected chi connectivity index (χ4v) is 3.26. The van der Waals surface area contributed by atoms with E-state index in [0.29, 0.717) is 15.8 Å². The highest BCUT2D eigenvalue weighted by atomic mass is 79.9. The van der Waals surface area contributed by atoms with Gasteiger partial charge in [0.15, 0.2) is 0 Å². The second kappa shape index (κ2) is 6.24. The first kappa shape index (κ1) is 16.7. The number of nitro groups is 1. The topological polar surface area (TPSA) is 52.4 Å². The summed E-state index contributed by atoms with van der Waals surface area (Å²) in [7, 11) is 0. The van der Waals surface area contributed by atoms with E-state index in [1.807, 2.05) is 26.0 Å². The molecule has 0 aromatic heterocycles. The van der Waals surface area contributed by atoms with Crippen molar-refractivity contribution in [1.29, 1.82) is 0 Å². The fraction of sp³-hybridized carbons (Fsp3) is 0.412. The van der Waals surface area contributed by atoms with Gasteiger partial charge in [0.05, 0.1) is 15.0 Å². The van der Waals surface area contributed by atoms with Crippen LogP contribution in [0.15, 0.2) is 28.3 Å². The van der Waals surface area contributed by atoms with E-state index >= 15 is 0 Å². The number of aryl methyl sites for hydroxylation is 1. The minimum atomic E-state index is -0.439. The maximum Gasteiger partial charge on any atom is 0.294 e. The van der Waals surface area contributed by atoms with Crippen molar-refractivity contribution in [2.24, 2.45) is 0 Å². The smallest absolute Gasteiger partial charge is 0.294 e. The Balaban J connectivity index is 2.38. The highest BCUT2D eigenvalue weighted by Crippen LogP contribution is 2.44. The van der Waals surface area contributed by atoms with E-state index in [-0.39, 0.29) is 10.6 Å². The van der Waals surface area contributed by atoms with Gasteiger partial charge in [-0.15, -0.1) is 0 Å². The van der Waals surface area contributed by atoms with Gasteiger partial charge in [-0.25, -0.2) is 0 Å². The van der Waals surface area contributed by atoms with Gasteiger partial charge in [0.1, 0.15) is 11.4 Å². The maximum atomic E-state index is 11.3. The lowest BCUT2D eigenvalue weighted by molar-refractivity contribution is -0.386. The lowest BCUT2D eigenvalue weighted by atomic mass is 9.93. The van der Waals surface area contributed by atoms with E-state index < -0.39 is 5.60 Å². The number of hydrogen-bond donors (Lipinski definition) is 0. The molecule has 1 aliphatic heterocycles. The molecular formula is C17H20BrNO3. The first-order chi connectivity index (χ1) is 10.2. The molecule has 1 aromatic carbocycles. The van der Waals surface area contributed by atoms with Crippen LogP contribution < -0.4 is 4.74 Å². The summed E-state index contributed by atoms with van der Waals surface area (Å²) >= 11 is 3.27. The van der Waals surface area contributed by atoms with Crippen molar-refractivity contribution in [3.8, 4) is 5.75 Å². The van der Waals surface area contributed by atoms with Gasteiger partial charge in [0.25, 0.3) is 5.69 Å². The summed E-state index contributed by atoms with van der Waals surface area (Å²) in [6.45, 7) is 8.06. The number of nitrogens with zero attached hydrogens (tertiary/aromatic N) is 1. The van der Waals surface area contributed by atoms with Gasteiger partial charge in [0.2, 0.25) is 0 Å².